The van der Waals surface area contributed by atoms with E-state index in [0.717, 1.165) is 31.2 Å². The van der Waals surface area contributed by atoms with E-state index in [9.17, 15) is 14.4 Å². The van der Waals surface area contributed by atoms with E-state index in [1.54, 1.807) is 19.2 Å². The average Bonchev–Trinajstić information content (AvgIpc) is 2.60. The minimum atomic E-state index is -0.973. The molecule has 0 aromatic heterocycles. The van der Waals surface area contributed by atoms with E-state index in [2.05, 4.69) is 16.0 Å². The van der Waals surface area contributed by atoms with Crippen molar-refractivity contribution in [2.24, 2.45) is 5.92 Å². The third-order valence-corrected chi connectivity index (χ3v) is 4.33. The second kappa shape index (κ2) is 8.33. The van der Waals surface area contributed by atoms with Gasteiger partial charge >= 0.3 is 12.0 Å². The maximum atomic E-state index is 11.9. The van der Waals surface area contributed by atoms with Crippen LogP contribution in [-0.4, -0.2) is 36.1 Å². The molecule has 3 amide bonds. The van der Waals surface area contributed by atoms with Gasteiger partial charge in [-0.25, -0.2) is 9.59 Å². The van der Waals surface area contributed by atoms with E-state index in [0.29, 0.717) is 6.54 Å². The summed E-state index contributed by atoms with van der Waals surface area (Å²) in [7, 11) is 1.64. The van der Waals surface area contributed by atoms with Crippen molar-refractivity contribution in [2.45, 2.75) is 38.3 Å². The van der Waals surface area contributed by atoms with Crippen LogP contribution in [0.2, 0.25) is 0 Å². The zero-order valence-electron chi connectivity index (χ0n) is 13.7. The number of amides is 3. The molecule has 7 heteroatoms. The van der Waals surface area contributed by atoms with Gasteiger partial charge in [0, 0.05) is 25.6 Å². The van der Waals surface area contributed by atoms with Crippen LogP contribution in [0.3, 0.4) is 0 Å². The minimum absolute atomic E-state index is 0.0452. The molecule has 1 aromatic carbocycles. The number of carboxylic acid groups (broad SMARTS) is 1. The molecule has 24 heavy (non-hydrogen) atoms. The predicted molar refractivity (Wildman–Crippen MR) is 88.6 cm³/mol. The lowest BCUT2D eigenvalue weighted by atomic mass is 9.85. The summed E-state index contributed by atoms with van der Waals surface area (Å²) in [6.45, 7) is 0.333. The lowest BCUT2D eigenvalue weighted by Gasteiger charge is -2.28. The third-order valence-electron chi connectivity index (χ3n) is 4.33. The molecule has 0 radical (unpaired) electrons. The number of hydrogen-bond donors (Lipinski definition) is 4. The Morgan fingerprint density at radius 1 is 1.08 bits per heavy atom. The Morgan fingerprint density at radius 2 is 1.71 bits per heavy atom. The predicted octanol–water partition coefficient (Wildman–Crippen LogP) is 1.49. The summed E-state index contributed by atoms with van der Waals surface area (Å²) in [5.74, 6) is -0.855. The lowest BCUT2D eigenvalue weighted by molar-refractivity contribution is -0.125. The van der Waals surface area contributed by atoms with Crippen molar-refractivity contribution in [2.75, 3.05) is 7.05 Å². The number of carbonyl (C=O) groups is 3. The third kappa shape index (κ3) is 4.97. The van der Waals surface area contributed by atoms with Crippen molar-refractivity contribution in [3.05, 3.63) is 35.4 Å². The van der Waals surface area contributed by atoms with Crippen LogP contribution in [0.15, 0.2) is 24.3 Å². The molecule has 1 saturated carbocycles. The fourth-order valence-corrected chi connectivity index (χ4v) is 2.89. The number of urea groups is 1. The normalized spacial score (nSPS) is 20.0. The first-order valence-electron chi connectivity index (χ1n) is 8.07. The van der Waals surface area contributed by atoms with E-state index in [1.807, 2.05) is 0 Å². The van der Waals surface area contributed by atoms with Crippen LogP contribution in [0.5, 0.6) is 0 Å². The quantitative estimate of drug-likeness (QED) is 0.655. The summed E-state index contributed by atoms with van der Waals surface area (Å²) >= 11 is 0. The van der Waals surface area contributed by atoms with E-state index in [1.165, 1.54) is 12.1 Å². The molecule has 0 atom stereocenters. The zero-order chi connectivity index (χ0) is 17.5. The molecular weight excluding hydrogens is 310 g/mol. The highest BCUT2D eigenvalue weighted by molar-refractivity contribution is 5.87. The number of rotatable bonds is 5. The van der Waals surface area contributed by atoms with Crippen LogP contribution in [0, 0.1) is 5.92 Å². The summed E-state index contributed by atoms with van der Waals surface area (Å²) < 4.78 is 0. The van der Waals surface area contributed by atoms with Crippen LogP contribution in [0.4, 0.5) is 4.79 Å². The molecule has 0 heterocycles. The van der Waals surface area contributed by atoms with E-state index in [-0.39, 0.29) is 29.5 Å². The summed E-state index contributed by atoms with van der Waals surface area (Å²) in [5.41, 5.74) is 1.05. The summed E-state index contributed by atoms with van der Waals surface area (Å²) in [4.78, 5) is 34.3. The Balaban J connectivity index is 1.72. The highest BCUT2D eigenvalue weighted by atomic mass is 16.4. The number of hydrogen-bond acceptors (Lipinski definition) is 3. The van der Waals surface area contributed by atoms with E-state index >= 15 is 0 Å². The maximum absolute atomic E-state index is 11.9. The Labute approximate surface area is 140 Å². The first kappa shape index (κ1) is 17.8. The molecule has 130 valence electrons. The Hall–Kier alpha value is -2.57. The summed E-state index contributed by atoms with van der Waals surface area (Å²) in [6, 6.07) is 6.21. The summed E-state index contributed by atoms with van der Waals surface area (Å²) in [5, 5.41) is 17.2. The fraction of sp³-hybridized carbons (Fsp3) is 0.471. The Kier molecular flexibility index (Phi) is 6.17. The molecule has 1 aromatic rings. The van der Waals surface area contributed by atoms with Crippen molar-refractivity contribution in [3.63, 3.8) is 0 Å². The zero-order valence-corrected chi connectivity index (χ0v) is 13.7. The van der Waals surface area contributed by atoms with Crippen molar-refractivity contribution in [3.8, 4) is 0 Å². The highest BCUT2D eigenvalue weighted by Gasteiger charge is 2.26. The van der Waals surface area contributed by atoms with Gasteiger partial charge in [-0.3, -0.25) is 4.79 Å². The monoisotopic (exact) mass is 333 g/mol. The van der Waals surface area contributed by atoms with Gasteiger partial charge in [0.25, 0.3) is 0 Å². The topological polar surface area (TPSA) is 108 Å². The number of aromatic carboxylic acids is 1. The second-order valence-electron chi connectivity index (χ2n) is 5.99. The van der Waals surface area contributed by atoms with Gasteiger partial charge < -0.3 is 21.1 Å². The first-order valence-corrected chi connectivity index (χ1v) is 8.07. The van der Waals surface area contributed by atoms with Crippen molar-refractivity contribution >= 4 is 17.9 Å². The molecule has 0 spiro atoms. The molecule has 0 aliphatic heterocycles. The van der Waals surface area contributed by atoms with Gasteiger partial charge in [0.15, 0.2) is 0 Å². The Morgan fingerprint density at radius 3 is 2.25 bits per heavy atom. The molecule has 2 rings (SSSR count). The second-order valence-corrected chi connectivity index (χ2v) is 5.99. The SMILES string of the molecule is CNC(=O)C1CCC(NC(=O)NCc2ccc(C(=O)O)cc2)CC1. The minimum Gasteiger partial charge on any atom is -0.478 e. The van der Waals surface area contributed by atoms with E-state index < -0.39 is 5.97 Å². The molecule has 0 unspecified atom stereocenters. The van der Waals surface area contributed by atoms with Gasteiger partial charge in [0.05, 0.1) is 5.56 Å². The van der Waals surface area contributed by atoms with Crippen molar-refractivity contribution < 1.29 is 19.5 Å². The molecule has 7 nitrogen and oxygen atoms in total. The number of carboxylic acids is 1. The molecular formula is C17H23N3O4. The number of nitrogens with one attached hydrogen (secondary N) is 3. The van der Waals surface area contributed by atoms with Gasteiger partial charge in [-0.2, -0.15) is 0 Å². The van der Waals surface area contributed by atoms with Gasteiger partial charge in [-0.05, 0) is 43.4 Å². The van der Waals surface area contributed by atoms with Crippen LogP contribution >= 0.6 is 0 Å². The first-order chi connectivity index (χ1) is 11.5. The van der Waals surface area contributed by atoms with Crippen molar-refractivity contribution in [1.29, 1.82) is 0 Å². The molecule has 1 fully saturated rings. The molecule has 0 bridgehead atoms. The van der Waals surface area contributed by atoms with Gasteiger partial charge in [0.1, 0.15) is 0 Å². The Bertz CT molecular complexity index is 592. The highest BCUT2D eigenvalue weighted by Crippen LogP contribution is 2.24. The fourth-order valence-electron chi connectivity index (χ4n) is 2.89. The molecule has 1 aliphatic rings. The molecule has 0 saturated heterocycles. The van der Waals surface area contributed by atoms with Gasteiger partial charge in [0.2, 0.25) is 5.91 Å². The maximum Gasteiger partial charge on any atom is 0.335 e. The van der Waals surface area contributed by atoms with Crippen molar-refractivity contribution in [1.82, 2.24) is 16.0 Å². The molecule has 1 aliphatic carbocycles. The number of carbonyl (C=O) groups excluding carboxylic acids is 2. The van der Waals surface area contributed by atoms with E-state index in [4.69, 9.17) is 5.11 Å². The van der Waals surface area contributed by atoms with Crippen LogP contribution in [0.25, 0.3) is 0 Å². The van der Waals surface area contributed by atoms with Crippen LogP contribution in [-0.2, 0) is 11.3 Å². The van der Waals surface area contributed by atoms with Gasteiger partial charge in [-0.15, -0.1) is 0 Å². The number of benzene rings is 1. The smallest absolute Gasteiger partial charge is 0.335 e. The van der Waals surface area contributed by atoms with Crippen LogP contribution in [0.1, 0.15) is 41.6 Å². The van der Waals surface area contributed by atoms with Gasteiger partial charge in [-0.1, -0.05) is 12.1 Å². The average molecular weight is 333 g/mol. The lowest BCUT2D eigenvalue weighted by Crippen LogP contribution is -2.44. The standard InChI is InChI=1S/C17H23N3O4/c1-18-15(21)12-6-8-14(9-7-12)20-17(24)19-10-11-2-4-13(5-3-11)16(22)23/h2-5,12,14H,6-10H2,1H3,(H,18,21)(H,22,23)(H2,19,20,24). The summed E-state index contributed by atoms with van der Waals surface area (Å²) in [6.07, 6.45) is 3.14. The molecule has 4 N–H and O–H groups in total. The van der Waals surface area contributed by atoms with Crippen LogP contribution < -0.4 is 16.0 Å². The largest absolute Gasteiger partial charge is 0.478 e.